The summed E-state index contributed by atoms with van der Waals surface area (Å²) in [6, 6.07) is 20.5. The molecule has 0 radical (unpaired) electrons. The van der Waals surface area contributed by atoms with Crippen LogP contribution in [0.4, 0.5) is 0 Å². The minimum Gasteiger partial charge on any atom is -0.349 e. The molecular formula is C25H26N4O. The monoisotopic (exact) mass is 398 g/mol. The van der Waals surface area contributed by atoms with Gasteiger partial charge < -0.3 is 5.32 Å². The Morgan fingerprint density at radius 2 is 1.70 bits per heavy atom. The lowest BCUT2D eigenvalue weighted by Crippen LogP contribution is -2.33. The maximum atomic E-state index is 12.9. The number of rotatable bonds is 6. The second-order valence-corrected chi connectivity index (χ2v) is 7.72. The fourth-order valence-corrected chi connectivity index (χ4v) is 3.77. The molecule has 5 heteroatoms. The van der Waals surface area contributed by atoms with E-state index in [4.69, 9.17) is 0 Å². The Hall–Kier alpha value is -3.47. The predicted molar refractivity (Wildman–Crippen MR) is 120 cm³/mol. The standard InChI is InChI=1S/C25H26N4O/c1-17(14-15-20-10-6-4-7-11-20)27-25(30)22-16-26-24-23(21-12-8-5-9-13-21)18(2)28-29(24)19(22)3/h4-13,16-17H,14-15H2,1-3H3,(H,27,30)/t17-/m0/s1. The second-order valence-electron chi connectivity index (χ2n) is 7.72. The Balaban J connectivity index is 1.54. The molecule has 0 bridgehead atoms. The predicted octanol–water partition coefficient (Wildman–Crippen LogP) is 4.76. The van der Waals surface area contributed by atoms with Crippen LogP contribution in [0.2, 0.25) is 0 Å². The molecule has 2 aromatic heterocycles. The number of amides is 1. The lowest BCUT2D eigenvalue weighted by Gasteiger charge is -2.15. The Kier molecular flexibility index (Phi) is 5.61. The van der Waals surface area contributed by atoms with E-state index in [2.05, 4.69) is 39.7 Å². The molecule has 1 N–H and O–H groups in total. The van der Waals surface area contributed by atoms with E-state index in [9.17, 15) is 4.79 Å². The maximum absolute atomic E-state index is 12.9. The molecule has 5 nitrogen and oxygen atoms in total. The lowest BCUT2D eigenvalue weighted by atomic mass is 10.1. The number of aromatic nitrogens is 3. The van der Waals surface area contributed by atoms with Gasteiger partial charge >= 0.3 is 0 Å². The van der Waals surface area contributed by atoms with Crippen LogP contribution in [0.1, 0.15) is 40.7 Å². The van der Waals surface area contributed by atoms with Crippen LogP contribution in [0.15, 0.2) is 66.9 Å². The normalized spacial score (nSPS) is 12.1. The summed E-state index contributed by atoms with van der Waals surface area (Å²) in [5, 5.41) is 7.77. The zero-order chi connectivity index (χ0) is 21.1. The van der Waals surface area contributed by atoms with E-state index >= 15 is 0 Å². The average molecular weight is 399 g/mol. The smallest absolute Gasteiger partial charge is 0.254 e. The number of hydrogen-bond donors (Lipinski definition) is 1. The highest BCUT2D eigenvalue weighted by Crippen LogP contribution is 2.27. The Morgan fingerprint density at radius 3 is 2.40 bits per heavy atom. The third-order valence-electron chi connectivity index (χ3n) is 5.45. The van der Waals surface area contributed by atoms with Crippen molar-refractivity contribution in [3.63, 3.8) is 0 Å². The second kappa shape index (κ2) is 8.49. The van der Waals surface area contributed by atoms with Gasteiger partial charge in [0, 0.05) is 17.8 Å². The molecule has 0 fully saturated rings. The van der Waals surface area contributed by atoms with Crippen LogP contribution in [0.3, 0.4) is 0 Å². The van der Waals surface area contributed by atoms with E-state index in [0.717, 1.165) is 41.0 Å². The Labute approximate surface area is 176 Å². The van der Waals surface area contributed by atoms with Gasteiger partial charge in [0.1, 0.15) is 0 Å². The zero-order valence-corrected chi connectivity index (χ0v) is 17.6. The van der Waals surface area contributed by atoms with Crippen molar-refractivity contribution < 1.29 is 4.79 Å². The summed E-state index contributed by atoms with van der Waals surface area (Å²) >= 11 is 0. The first-order valence-electron chi connectivity index (χ1n) is 10.3. The molecular weight excluding hydrogens is 372 g/mol. The third kappa shape index (κ3) is 3.96. The van der Waals surface area contributed by atoms with Gasteiger partial charge in [0.05, 0.1) is 17.0 Å². The number of nitrogens with one attached hydrogen (secondary N) is 1. The minimum atomic E-state index is -0.114. The summed E-state index contributed by atoms with van der Waals surface area (Å²) in [5.41, 5.74) is 6.36. The molecule has 0 saturated carbocycles. The highest BCUT2D eigenvalue weighted by atomic mass is 16.1. The van der Waals surface area contributed by atoms with Crippen LogP contribution in [0, 0.1) is 13.8 Å². The van der Waals surface area contributed by atoms with Crippen molar-refractivity contribution in [2.75, 3.05) is 0 Å². The summed E-state index contributed by atoms with van der Waals surface area (Å²) < 4.78 is 1.78. The van der Waals surface area contributed by atoms with Crippen LogP contribution in [0.25, 0.3) is 16.8 Å². The molecule has 4 rings (SSSR count). The summed E-state index contributed by atoms with van der Waals surface area (Å²) in [6.45, 7) is 5.93. The van der Waals surface area contributed by atoms with Gasteiger partial charge in [-0.1, -0.05) is 60.7 Å². The van der Waals surface area contributed by atoms with Gasteiger partial charge in [-0.15, -0.1) is 0 Å². The van der Waals surface area contributed by atoms with Crippen molar-refractivity contribution in [3.05, 3.63) is 89.4 Å². The molecule has 30 heavy (non-hydrogen) atoms. The van der Waals surface area contributed by atoms with Crippen molar-refractivity contribution in [3.8, 4) is 11.1 Å². The first-order chi connectivity index (χ1) is 14.5. The molecule has 1 atom stereocenters. The van der Waals surface area contributed by atoms with Gasteiger partial charge in [0.15, 0.2) is 5.65 Å². The van der Waals surface area contributed by atoms with Crippen LogP contribution in [-0.2, 0) is 6.42 Å². The summed E-state index contributed by atoms with van der Waals surface area (Å²) in [5.74, 6) is -0.114. The van der Waals surface area contributed by atoms with Gasteiger partial charge in [0.25, 0.3) is 5.91 Å². The van der Waals surface area contributed by atoms with Crippen molar-refractivity contribution in [2.45, 2.75) is 39.7 Å². The molecule has 4 aromatic rings. The first-order valence-corrected chi connectivity index (χ1v) is 10.3. The minimum absolute atomic E-state index is 0.0621. The fraction of sp³-hybridized carbons (Fsp3) is 0.240. The highest BCUT2D eigenvalue weighted by Gasteiger charge is 2.19. The topological polar surface area (TPSA) is 59.3 Å². The van der Waals surface area contributed by atoms with Crippen molar-refractivity contribution in [2.24, 2.45) is 0 Å². The van der Waals surface area contributed by atoms with Gasteiger partial charge in [0.2, 0.25) is 0 Å². The van der Waals surface area contributed by atoms with E-state index in [0.29, 0.717) is 5.56 Å². The number of carbonyl (C=O) groups is 1. The van der Waals surface area contributed by atoms with Crippen LogP contribution < -0.4 is 5.32 Å². The molecule has 0 aliphatic carbocycles. The van der Waals surface area contributed by atoms with Crippen molar-refractivity contribution >= 4 is 11.6 Å². The van der Waals surface area contributed by atoms with Gasteiger partial charge in [-0.2, -0.15) is 5.10 Å². The molecule has 0 unspecified atom stereocenters. The number of hydrogen-bond acceptors (Lipinski definition) is 3. The van der Waals surface area contributed by atoms with E-state index in [-0.39, 0.29) is 11.9 Å². The molecule has 0 saturated heterocycles. The summed E-state index contributed by atoms with van der Waals surface area (Å²) in [6.07, 6.45) is 3.47. The van der Waals surface area contributed by atoms with Gasteiger partial charge in [-0.3, -0.25) is 4.79 Å². The summed E-state index contributed by atoms with van der Waals surface area (Å²) in [7, 11) is 0. The van der Waals surface area contributed by atoms with E-state index in [1.807, 2.05) is 57.2 Å². The third-order valence-corrected chi connectivity index (χ3v) is 5.45. The number of aryl methyl sites for hydroxylation is 3. The molecule has 1 amide bonds. The molecule has 0 spiro atoms. The van der Waals surface area contributed by atoms with E-state index in [1.165, 1.54) is 5.56 Å². The fourth-order valence-electron chi connectivity index (χ4n) is 3.77. The number of benzene rings is 2. The maximum Gasteiger partial charge on any atom is 0.254 e. The largest absolute Gasteiger partial charge is 0.349 e. The van der Waals surface area contributed by atoms with Crippen molar-refractivity contribution in [1.82, 2.24) is 19.9 Å². The molecule has 2 heterocycles. The zero-order valence-electron chi connectivity index (χ0n) is 17.6. The average Bonchev–Trinajstić information content (AvgIpc) is 3.10. The van der Waals surface area contributed by atoms with E-state index < -0.39 is 0 Å². The highest BCUT2D eigenvalue weighted by molar-refractivity contribution is 5.95. The van der Waals surface area contributed by atoms with Gasteiger partial charge in [-0.05, 0) is 44.7 Å². The quantitative estimate of drug-likeness (QED) is 0.509. The van der Waals surface area contributed by atoms with Crippen LogP contribution in [0.5, 0.6) is 0 Å². The lowest BCUT2D eigenvalue weighted by molar-refractivity contribution is 0.0936. The summed E-state index contributed by atoms with van der Waals surface area (Å²) in [4.78, 5) is 17.5. The van der Waals surface area contributed by atoms with Crippen LogP contribution in [-0.4, -0.2) is 26.5 Å². The first kappa shape index (κ1) is 19.8. The van der Waals surface area contributed by atoms with E-state index in [1.54, 1.807) is 10.7 Å². The SMILES string of the molecule is Cc1nn2c(C)c(C(=O)N[C@@H](C)CCc3ccccc3)cnc2c1-c1ccccc1. The molecule has 0 aliphatic rings. The molecule has 0 aliphatic heterocycles. The number of nitrogens with zero attached hydrogens (tertiary/aromatic N) is 3. The van der Waals surface area contributed by atoms with Gasteiger partial charge in [-0.25, -0.2) is 9.50 Å². The van der Waals surface area contributed by atoms with Crippen LogP contribution >= 0.6 is 0 Å². The van der Waals surface area contributed by atoms with Crippen molar-refractivity contribution in [1.29, 1.82) is 0 Å². The number of fused-ring (bicyclic) bond motifs is 1. The Bertz CT molecular complexity index is 1170. The number of carbonyl (C=O) groups excluding carboxylic acids is 1. The molecule has 152 valence electrons. The molecule has 2 aromatic carbocycles. The Morgan fingerprint density at radius 1 is 1.03 bits per heavy atom.